The van der Waals surface area contributed by atoms with E-state index >= 15 is 0 Å². The molecule has 0 unspecified atom stereocenters. The topological polar surface area (TPSA) is 77.1 Å². The van der Waals surface area contributed by atoms with Gasteiger partial charge in [0.15, 0.2) is 28.8 Å². The molecule has 0 amide bonds. The number of rotatable bonds is 8. The zero-order valence-electron chi connectivity index (χ0n) is 21.2. The summed E-state index contributed by atoms with van der Waals surface area (Å²) in [5.41, 5.74) is 6.51. The summed E-state index contributed by atoms with van der Waals surface area (Å²) < 4.78 is 35.9. The van der Waals surface area contributed by atoms with Crippen molar-refractivity contribution in [1.29, 1.82) is 0 Å². The molecule has 2 aromatic carbocycles. The van der Waals surface area contributed by atoms with Crippen LogP contribution in [0.5, 0.6) is 28.7 Å². The third kappa shape index (κ3) is 4.02. The molecule has 2 aromatic heterocycles. The molecule has 0 bridgehead atoms. The van der Waals surface area contributed by atoms with Crippen LogP contribution in [0.4, 0.5) is 0 Å². The van der Waals surface area contributed by atoms with Crippen molar-refractivity contribution in [2.75, 3.05) is 35.5 Å². The van der Waals surface area contributed by atoms with Gasteiger partial charge in [-0.1, -0.05) is 11.2 Å². The van der Waals surface area contributed by atoms with Crippen molar-refractivity contribution in [3.8, 4) is 51.3 Å². The Hall–Kier alpha value is -4.07. The number of hydrogen-bond acceptors (Lipinski definition) is 7. The molecule has 0 saturated heterocycles. The normalized spacial score (nSPS) is 12.4. The zero-order valence-corrected chi connectivity index (χ0v) is 21.2. The number of hydrogen-bond donors (Lipinski definition) is 0. The van der Waals surface area contributed by atoms with E-state index in [2.05, 4.69) is 15.9 Å². The van der Waals surface area contributed by atoms with E-state index in [1.54, 1.807) is 35.5 Å². The molecule has 36 heavy (non-hydrogen) atoms. The molecular weight excluding hydrogens is 460 g/mol. The van der Waals surface area contributed by atoms with Gasteiger partial charge in [0.05, 0.1) is 47.4 Å². The van der Waals surface area contributed by atoms with Crippen molar-refractivity contribution < 1.29 is 28.2 Å². The molecule has 1 aliphatic rings. The van der Waals surface area contributed by atoms with E-state index in [1.165, 1.54) is 5.56 Å². The fraction of sp³-hybridized carbons (Fsp3) is 0.321. The molecule has 0 spiro atoms. The minimum Gasteiger partial charge on any atom is -0.493 e. The smallest absolute Gasteiger partial charge is 0.203 e. The lowest BCUT2D eigenvalue weighted by Crippen LogP contribution is -2.04. The molecule has 8 heteroatoms. The Morgan fingerprint density at radius 2 is 1.56 bits per heavy atom. The second kappa shape index (κ2) is 9.89. The Labute approximate surface area is 210 Å². The third-order valence-electron chi connectivity index (χ3n) is 6.68. The minimum atomic E-state index is 0.561. The fourth-order valence-electron chi connectivity index (χ4n) is 5.02. The minimum absolute atomic E-state index is 0.561. The highest BCUT2D eigenvalue weighted by Crippen LogP contribution is 2.45. The van der Waals surface area contributed by atoms with Crippen LogP contribution in [0.15, 0.2) is 47.2 Å². The Morgan fingerprint density at radius 1 is 0.833 bits per heavy atom. The van der Waals surface area contributed by atoms with Crippen LogP contribution in [-0.2, 0) is 19.4 Å². The van der Waals surface area contributed by atoms with Crippen LogP contribution in [0.25, 0.3) is 22.6 Å². The Balaban J connectivity index is 1.71. The lowest BCUT2D eigenvalue weighted by atomic mass is 10.00. The van der Waals surface area contributed by atoms with Crippen molar-refractivity contribution in [1.82, 2.24) is 9.72 Å². The number of methoxy groups -OCH3 is 5. The van der Waals surface area contributed by atoms with Crippen molar-refractivity contribution in [3.63, 3.8) is 0 Å². The van der Waals surface area contributed by atoms with Crippen LogP contribution in [0.2, 0.25) is 0 Å². The number of ether oxygens (including phenoxy) is 5. The van der Waals surface area contributed by atoms with Crippen LogP contribution in [0.3, 0.4) is 0 Å². The third-order valence-corrected chi connectivity index (χ3v) is 6.68. The first-order valence-corrected chi connectivity index (χ1v) is 11.8. The van der Waals surface area contributed by atoms with Crippen LogP contribution in [0.1, 0.15) is 23.1 Å². The SMILES string of the molecule is COc1ccc(Cn2cc3c(c2-c2cc(OC)c(OC)c(OC)c2)CCCc2cnoc2-3)cc1OC. The Kier molecular flexibility index (Phi) is 6.50. The first kappa shape index (κ1) is 23.7. The van der Waals surface area contributed by atoms with Gasteiger partial charge in [-0.2, -0.15) is 0 Å². The molecule has 188 valence electrons. The van der Waals surface area contributed by atoms with Gasteiger partial charge < -0.3 is 32.8 Å². The van der Waals surface area contributed by atoms with E-state index in [9.17, 15) is 0 Å². The predicted molar refractivity (Wildman–Crippen MR) is 136 cm³/mol. The summed E-state index contributed by atoms with van der Waals surface area (Å²) in [4.78, 5) is 0. The van der Waals surface area contributed by atoms with Gasteiger partial charge in [-0.05, 0) is 54.7 Å². The molecule has 4 aromatic rings. The van der Waals surface area contributed by atoms with E-state index in [-0.39, 0.29) is 0 Å². The summed E-state index contributed by atoms with van der Waals surface area (Å²) in [5.74, 6) is 3.99. The molecule has 0 fully saturated rings. The average Bonchev–Trinajstić information content (AvgIpc) is 3.48. The van der Waals surface area contributed by atoms with Crippen LogP contribution < -0.4 is 23.7 Å². The highest BCUT2D eigenvalue weighted by molar-refractivity contribution is 5.80. The largest absolute Gasteiger partial charge is 0.493 e. The first-order chi connectivity index (χ1) is 17.6. The molecule has 0 radical (unpaired) electrons. The lowest BCUT2D eigenvalue weighted by molar-refractivity contribution is 0.324. The van der Waals surface area contributed by atoms with Crippen molar-refractivity contribution >= 4 is 0 Å². The molecular formula is C28H30N2O6. The number of fused-ring (bicyclic) bond motifs is 3. The molecule has 1 aliphatic carbocycles. The van der Waals surface area contributed by atoms with Gasteiger partial charge in [0.1, 0.15) is 0 Å². The summed E-state index contributed by atoms with van der Waals surface area (Å²) in [7, 11) is 8.15. The predicted octanol–water partition coefficient (Wildman–Crippen LogP) is 5.39. The zero-order chi connectivity index (χ0) is 25.2. The van der Waals surface area contributed by atoms with E-state index < -0.39 is 0 Å². The second-order valence-electron chi connectivity index (χ2n) is 8.63. The van der Waals surface area contributed by atoms with Gasteiger partial charge in [0, 0.05) is 29.4 Å². The maximum atomic E-state index is 5.74. The summed E-state index contributed by atoms with van der Waals surface area (Å²) >= 11 is 0. The summed E-state index contributed by atoms with van der Waals surface area (Å²) in [6, 6.07) is 9.97. The van der Waals surface area contributed by atoms with Gasteiger partial charge >= 0.3 is 0 Å². The van der Waals surface area contributed by atoms with Gasteiger partial charge in [-0.25, -0.2) is 0 Å². The van der Waals surface area contributed by atoms with E-state index in [0.29, 0.717) is 35.3 Å². The molecule has 0 aliphatic heterocycles. The number of aryl methyl sites for hydroxylation is 1. The second-order valence-corrected chi connectivity index (χ2v) is 8.63. The summed E-state index contributed by atoms with van der Waals surface area (Å²) in [6.45, 7) is 0.614. The average molecular weight is 491 g/mol. The molecule has 2 heterocycles. The van der Waals surface area contributed by atoms with Crippen LogP contribution in [0, 0.1) is 0 Å². The van der Waals surface area contributed by atoms with Gasteiger partial charge in [0.2, 0.25) is 5.75 Å². The van der Waals surface area contributed by atoms with Gasteiger partial charge in [-0.3, -0.25) is 0 Å². The maximum Gasteiger partial charge on any atom is 0.203 e. The van der Waals surface area contributed by atoms with Crippen LogP contribution >= 0.6 is 0 Å². The monoisotopic (exact) mass is 490 g/mol. The van der Waals surface area contributed by atoms with Crippen LogP contribution in [-0.4, -0.2) is 45.3 Å². The van der Waals surface area contributed by atoms with E-state index in [1.807, 2.05) is 36.5 Å². The Morgan fingerprint density at radius 3 is 2.22 bits per heavy atom. The summed E-state index contributed by atoms with van der Waals surface area (Å²) in [5, 5.41) is 4.09. The number of nitrogens with zero attached hydrogens (tertiary/aromatic N) is 2. The first-order valence-electron chi connectivity index (χ1n) is 11.8. The molecule has 5 rings (SSSR count). The van der Waals surface area contributed by atoms with Gasteiger partial charge in [-0.15, -0.1) is 0 Å². The number of benzene rings is 2. The highest BCUT2D eigenvalue weighted by Gasteiger charge is 2.27. The fourth-order valence-corrected chi connectivity index (χ4v) is 5.02. The molecule has 0 atom stereocenters. The van der Waals surface area contributed by atoms with Crippen molar-refractivity contribution in [2.45, 2.75) is 25.8 Å². The highest BCUT2D eigenvalue weighted by atomic mass is 16.5. The summed E-state index contributed by atoms with van der Waals surface area (Å²) in [6.07, 6.45) is 6.82. The van der Waals surface area contributed by atoms with Gasteiger partial charge in [0.25, 0.3) is 0 Å². The molecule has 0 N–H and O–H groups in total. The molecule has 0 saturated carbocycles. The van der Waals surface area contributed by atoms with Crippen molar-refractivity contribution in [2.24, 2.45) is 0 Å². The number of aromatic nitrogens is 2. The standard InChI is InChI=1S/C28H30N2O6/c1-31-22-10-9-17(11-23(22)32-2)15-30-16-21-20(8-6-7-18-14-29-36-27(18)21)26(30)19-12-24(33-3)28(35-5)25(13-19)34-4/h9-14,16H,6-8,15H2,1-5H3. The quantitative estimate of drug-likeness (QED) is 0.328. The molecule has 8 nitrogen and oxygen atoms in total. The Bertz CT molecular complexity index is 1360. The van der Waals surface area contributed by atoms with E-state index in [4.69, 9.17) is 28.2 Å². The lowest BCUT2D eigenvalue weighted by Gasteiger charge is -2.17. The van der Waals surface area contributed by atoms with Crippen molar-refractivity contribution in [3.05, 3.63) is 59.4 Å². The maximum absolute atomic E-state index is 5.74. The van der Waals surface area contributed by atoms with E-state index in [0.717, 1.165) is 53.0 Å².